The summed E-state index contributed by atoms with van der Waals surface area (Å²) in [5.41, 5.74) is 0. The summed E-state index contributed by atoms with van der Waals surface area (Å²) < 4.78 is 15.1. The molecule has 0 saturated heterocycles. The number of benzene rings is 1. The molecule has 81 valence electrons. The standard InChI is InChI=1S/C11H13O4/c1-4-11(12)15-9-6-5-8(13-2)7-10(9)14-3/h4-7H,1-3H3. The largest absolute Gasteiger partial charge is 0.497 e. The number of methoxy groups -OCH3 is 2. The van der Waals surface area contributed by atoms with Crippen LogP contribution >= 0.6 is 0 Å². The molecule has 0 bridgehead atoms. The topological polar surface area (TPSA) is 44.8 Å². The van der Waals surface area contributed by atoms with Crippen LogP contribution in [0.1, 0.15) is 6.92 Å². The molecule has 0 aromatic heterocycles. The first kappa shape index (κ1) is 11.4. The van der Waals surface area contributed by atoms with Crippen molar-refractivity contribution in [2.24, 2.45) is 0 Å². The predicted octanol–water partition coefficient (Wildman–Crippen LogP) is 1.83. The molecule has 0 aliphatic carbocycles. The van der Waals surface area contributed by atoms with Crippen LogP contribution < -0.4 is 14.2 Å². The Morgan fingerprint density at radius 2 is 1.93 bits per heavy atom. The first-order chi connectivity index (χ1) is 7.21. The molecule has 0 spiro atoms. The van der Waals surface area contributed by atoms with Crippen molar-refractivity contribution in [3.05, 3.63) is 24.6 Å². The molecule has 1 radical (unpaired) electrons. The molecule has 15 heavy (non-hydrogen) atoms. The van der Waals surface area contributed by atoms with Gasteiger partial charge in [0.15, 0.2) is 11.5 Å². The van der Waals surface area contributed by atoms with Gasteiger partial charge in [-0.2, -0.15) is 0 Å². The summed E-state index contributed by atoms with van der Waals surface area (Å²) in [7, 11) is 3.06. The van der Waals surface area contributed by atoms with Crippen LogP contribution in [-0.2, 0) is 4.79 Å². The molecular formula is C11H13O4. The number of hydrogen-bond donors (Lipinski definition) is 0. The fraction of sp³-hybridized carbons (Fsp3) is 0.273. The number of carbonyl (C=O) groups is 1. The normalized spacial score (nSPS) is 9.53. The maximum Gasteiger partial charge on any atom is 0.315 e. The minimum atomic E-state index is -0.418. The Kier molecular flexibility index (Phi) is 3.97. The van der Waals surface area contributed by atoms with Gasteiger partial charge in [0.25, 0.3) is 0 Å². The van der Waals surface area contributed by atoms with Crippen LogP contribution in [0, 0.1) is 6.42 Å². The van der Waals surface area contributed by atoms with Crippen molar-refractivity contribution in [3.63, 3.8) is 0 Å². The number of esters is 1. The summed E-state index contributed by atoms with van der Waals surface area (Å²) in [4.78, 5) is 11.0. The Balaban J connectivity index is 2.92. The Labute approximate surface area is 88.8 Å². The van der Waals surface area contributed by atoms with Crippen LogP contribution in [0.15, 0.2) is 18.2 Å². The SMILES string of the molecule is C[CH]C(=O)Oc1ccc(OC)cc1OC. The molecule has 0 heterocycles. The third-order valence-corrected chi connectivity index (χ3v) is 1.82. The molecule has 0 atom stereocenters. The van der Waals surface area contributed by atoms with Crippen LogP contribution in [0.3, 0.4) is 0 Å². The van der Waals surface area contributed by atoms with Gasteiger partial charge in [0.05, 0.1) is 20.6 Å². The number of rotatable bonds is 4. The highest BCUT2D eigenvalue weighted by Gasteiger charge is 2.09. The summed E-state index contributed by atoms with van der Waals surface area (Å²) in [5, 5.41) is 0. The highest BCUT2D eigenvalue weighted by Crippen LogP contribution is 2.31. The minimum absolute atomic E-state index is 0.376. The molecular weight excluding hydrogens is 196 g/mol. The fourth-order valence-corrected chi connectivity index (χ4v) is 1.03. The van der Waals surface area contributed by atoms with Crippen molar-refractivity contribution in [2.45, 2.75) is 6.92 Å². The zero-order chi connectivity index (χ0) is 11.3. The monoisotopic (exact) mass is 209 g/mol. The third kappa shape index (κ3) is 2.87. The summed E-state index contributed by atoms with van der Waals surface area (Å²) in [5.74, 6) is 1.07. The zero-order valence-corrected chi connectivity index (χ0v) is 8.94. The number of carbonyl (C=O) groups excluding carboxylic acids is 1. The molecule has 0 saturated carbocycles. The van der Waals surface area contributed by atoms with E-state index in [1.165, 1.54) is 13.5 Å². The highest BCUT2D eigenvalue weighted by molar-refractivity contribution is 5.81. The highest BCUT2D eigenvalue weighted by atomic mass is 16.6. The fourth-order valence-electron chi connectivity index (χ4n) is 1.03. The molecule has 4 nitrogen and oxygen atoms in total. The quantitative estimate of drug-likeness (QED) is 0.560. The van der Waals surface area contributed by atoms with E-state index in [4.69, 9.17) is 14.2 Å². The van der Waals surface area contributed by atoms with Crippen LogP contribution in [0.5, 0.6) is 17.2 Å². The van der Waals surface area contributed by atoms with Crippen molar-refractivity contribution < 1.29 is 19.0 Å². The number of hydrogen-bond acceptors (Lipinski definition) is 4. The van der Waals surface area contributed by atoms with E-state index >= 15 is 0 Å². The lowest BCUT2D eigenvalue weighted by Gasteiger charge is -2.09. The Morgan fingerprint density at radius 1 is 1.20 bits per heavy atom. The molecule has 0 aliphatic rings. The summed E-state index contributed by atoms with van der Waals surface area (Å²) in [6.45, 7) is 1.61. The van der Waals surface area contributed by atoms with Crippen LogP contribution in [-0.4, -0.2) is 20.2 Å². The average molecular weight is 209 g/mol. The van der Waals surface area contributed by atoms with E-state index in [2.05, 4.69) is 0 Å². The van der Waals surface area contributed by atoms with Crippen molar-refractivity contribution >= 4 is 5.97 Å². The minimum Gasteiger partial charge on any atom is -0.497 e. The van der Waals surface area contributed by atoms with Crippen molar-refractivity contribution in [1.29, 1.82) is 0 Å². The van der Waals surface area contributed by atoms with E-state index in [9.17, 15) is 4.79 Å². The Morgan fingerprint density at radius 3 is 2.47 bits per heavy atom. The molecule has 0 N–H and O–H groups in total. The molecule has 0 unspecified atom stereocenters. The van der Waals surface area contributed by atoms with Gasteiger partial charge in [0.1, 0.15) is 5.75 Å². The van der Waals surface area contributed by atoms with E-state index in [1.54, 1.807) is 32.2 Å². The lowest BCUT2D eigenvalue weighted by Crippen LogP contribution is -2.07. The Bertz CT molecular complexity index is 346. The van der Waals surface area contributed by atoms with Gasteiger partial charge < -0.3 is 14.2 Å². The van der Waals surface area contributed by atoms with E-state index < -0.39 is 5.97 Å². The lowest BCUT2D eigenvalue weighted by atomic mass is 10.3. The van der Waals surface area contributed by atoms with Gasteiger partial charge >= 0.3 is 5.97 Å². The van der Waals surface area contributed by atoms with Gasteiger partial charge in [-0.3, -0.25) is 4.79 Å². The van der Waals surface area contributed by atoms with Gasteiger partial charge in [0, 0.05) is 6.07 Å². The zero-order valence-electron chi connectivity index (χ0n) is 8.94. The van der Waals surface area contributed by atoms with Gasteiger partial charge in [0.2, 0.25) is 0 Å². The van der Waals surface area contributed by atoms with E-state index in [0.717, 1.165) is 0 Å². The van der Waals surface area contributed by atoms with E-state index in [0.29, 0.717) is 17.2 Å². The van der Waals surface area contributed by atoms with Crippen molar-refractivity contribution in [3.8, 4) is 17.2 Å². The van der Waals surface area contributed by atoms with Crippen molar-refractivity contribution in [1.82, 2.24) is 0 Å². The second kappa shape index (κ2) is 5.24. The maximum atomic E-state index is 11.0. The first-order valence-electron chi connectivity index (χ1n) is 4.44. The summed E-state index contributed by atoms with van der Waals surface area (Å²) in [6.07, 6.45) is 1.34. The second-order valence-corrected chi connectivity index (χ2v) is 2.73. The van der Waals surface area contributed by atoms with Crippen LogP contribution in [0.4, 0.5) is 0 Å². The van der Waals surface area contributed by atoms with Crippen LogP contribution in [0.2, 0.25) is 0 Å². The van der Waals surface area contributed by atoms with Gasteiger partial charge in [-0.25, -0.2) is 0 Å². The van der Waals surface area contributed by atoms with Crippen molar-refractivity contribution in [2.75, 3.05) is 14.2 Å². The Hall–Kier alpha value is -1.71. The smallest absolute Gasteiger partial charge is 0.315 e. The second-order valence-electron chi connectivity index (χ2n) is 2.73. The van der Waals surface area contributed by atoms with Gasteiger partial charge in [-0.05, 0) is 12.1 Å². The number of ether oxygens (including phenoxy) is 3. The average Bonchev–Trinajstić information content (AvgIpc) is 2.29. The van der Waals surface area contributed by atoms with Gasteiger partial charge in [-0.15, -0.1) is 0 Å². The van der Waals surface area contributed by atoms with E-state index in [1.807, 2.05) is 0 Å². The van der Waals surface area contributed by atoms with Crippen LogP contribution in [0.25, 0.3) is 0 Å². The molecule has 1 aromatic rings. The lowest BCUT2D eigenvalue weighted by molar-refractivity contribution is -0.130. The predicted molar refractivity (Wildman–Crippen MR) is 55.2 cm³/mol. The first-order valence-corrected chi connectivity index (χ1v) is 4.44. The molecule has 1 rings (SSSR count). The maximum absolute atomic E-state index is 11.0. The molecule has 4 heteroatoms. The van der Waals surface area contributed by atoms with E-state index in [-0.39, 0.29) is 0 Å². The summed E-state index contributed by atoms with van der Waals surface area (Å²) >= 11 is 0. The molecule has 0 fully saturated rings. The molecule has 0 aliphatic heterocycles. The van der Waals surface area contributed by atoms with Gasteiger partial charge in [-0.1, -0.05) is 6.92 Å². The molecule has 1 aromatic carbocycles. The third-order valence-electron chi connectivity index (χ3n) is 1.82. The molecule has 0 amide bonds. The summed E-state index contributed by atoms with van der Waals surface area (Å²) in [6, 6.07) is 4.97.